The number of carbonyl (C=O) groups excluding carboxylic acids is 3. The van der Waals surface area contributed by atoms with E-state index in [1.165, 1.54) is 12.8 Å². The highest BCUT2D eigenvalue weighted by Crippen LogP contribution is 2.37. The minimum atomic E-state index is -0.724. The number of nitrogens with one attached hydrogen (secondary N) is 1. The Labute approximate surface area is 306 Å². The molecule has 3 aromatic carbocycles. The topological polar surface area (TPSA) is 130 Å². The predicted octanol–water partition coefficient (Wildman–Crippen LogP) is 6.38. The molecule has 0 bridgehead atoms. The molecule has 4 heterocycles. The summed E-state index contributed by atoms with van der Waals surface area (Å²) in [6.45, 7) is 1.32. The molecule has 2 amide bonds. The number of pyridine rings is 1. The smallest absolute Gasteiger partial charge is 0.407 e. The molecule has 3 aromatic heterocycles. The molecule has 1 aliphatic carbocycles. The van der Waals surface area contributed by atoms with Crippen LogP contribution in [-0.2, 0) is 29.7 Å². The number of rotatable bonds is 10. The van der Waals surface area contributed by atoms with Crippen molar-refractivity contribution < 1.29 is 28.6 Å². The molecule has 8 rings (SSSR count). The van der Waals surface area contributed by atoms with Crippen LogP contribution in [0.3, 0.4) is 0 Å². The van der Waals surface area contributed by atoms with E-state index < -0.39 is 24.2 Å². The van der Waals surface area contributed by atoms with Gasteiger partial charge in [-0.3, -0.25) is 4.79 Å². The molecular weight excluding hydrogens is 672 g/mol. The third-order valence-electron chi connectivity index (χ3n) is 10.0. The number of aromatic nitrogens is 4. The van der Waals surface area contributed by atoms with Gasteiger partial charge in [0.15, 0.2) is 5.82 Å². The van der Waals surface area contributed by atoms with E-state index in [0.717, 1.165) is 40.2 Å². The van der Waals surface area contributed by atoms with E-state index in [4.69, 9.17) is 19.2 Å². The molecule has 1 saturated heterocycles. The predicted molar refractivity (Wildman–Crippen MR) is 198 cm³/mol. The van der Waals surface area contributed by atoms with Crippen LogP contribution in [0.5, 0.6) is 5.75 Å². The number of likely N-dealkylation sites (tertiary alicyclic amines) is 1. The summed E-state index contributed by atoms with van der Waals surface area (Å²) in [5.41, 5.74) is 4.89. The maximum Gasteiger partial charge on any atom is 0.407 e. The number of aryl methyl sites for hydroxylation is 1. The molecule has 2 atom stereocenters. The van der Waals surface area contributed by atoms with Crippen molar-refractivity contribution >= 4 is 40.0 Å². The van der Waals surface area contributed by atoms with E-state index >= 15 is 0 Å². The van der Waals surface area contributed by atoms with Crippen LogP contribution in [0, 0.1) is 5.92 Å². The van der Waals surface area contributed by atoms with E-state index in [0.29, 0.717) is 41.3 Å². The van der Waals surface area contributed by atoms with Gasteiger partial charge in [0.2, 0.25) is 0 Å². The van der Waals surface area contributed by atoms with Gasteiger partial charge in [-0.15, -0.1) is 0 Å². The number of carbonyl (C=O) groups is 3. The van der Waals surface area contributed by atoms with Gasteiger partial charge in [0, 0.05) is 50.2 Å². The Morgan fingerprint density at radius 1 is 0.906 bits per heavy atom. The van der Waals surface area contributed by atoms with Gasteiger partial charge in [-0.1, -0.05) is 48.5 Å². The second-order valence-electron chi connectivity index (χ2n) is 13.7. The van der Waals surface area contributed by atoms with E-state index in [-0.39, 0.29) is 19.1 Å². The summed E-state index contributed by atoms with van der Waals surface area (Å²) in [7, 11) is 3.53. The maximum atomic E-state index is 14.2. The molecule has 270 valence electrons. The Hall–Kier alpha value is -6.17. The van der Waals surface area contributed by atoms with Crippen LogP contribution in [0.25, 0.3) is 33.6 Å². The normalized spacial score (nSPS) is 17.1. The number of imidazole rings is 1. The van der Waals surface area contributed by atoms with Gasteiger partial charge in [0.1, 0.15) is 29.6 Å². The van der Waals surface area contributed by atoms with Crippen LogP contribution in [0.1, 0.15) is 45.5 Å². The van der Waals surface area contributed by atoms with Crippen LogP contribution >= 0.6 is 0 Å². The van der Waals surface area contributed by atoms with E-state index in [1.54, 1.807) is 48.4 Å². The van der Waals surface area contributed by atoms with Gasteiger partial charge < -0.3 is 33.6 Å². The van der Waals surface area contributed by atoms with Crippen molar-refractivity contribution in [2.45, 2.75) is 44.6 Å². The Bertz CT molecular complexity index is 2300. The highest BCUT2D eigenvalue weighted by molar-refractivity contribution is 6.00. The largest absolute Gasteiger partial charge is 0.494 e. The minimum Gasteiger partial charge on any atom is -0.494 e. The summed E-state index contributed by atoms with van der Waals surface area (Å²) >= 11 is 0. The number of fused-ring (bicyclic) bond motifs is 2. The van der Waals surface area contributed by atoms with Crippen molar-refractivity contribution in [2.24, 2.45) is 13.0 Å². The second kappa shape index (κ2) is 14.5. The monoisotopic (exact) mass is 712 g/mol. The number of benzene rings is 3. The summed E-state index contributed by atoms with van der Waals surface area (Å²) in [4.78, 5) is 51.8. The highest BCUT2D eigenvalue weighted by Gasteiger charge is 2.36. The van der Waals surface area contributed by atoms with Gasteiger partial charge in [-0.2, -0.15) is 0 Å². The lowest BCUT2D eigenvalue weighted by molar-refractivity contribution is -0.00206. The first-order chi connectivity index (χ1) is 25.9. The van der Waals surface area contributed by atoms with E-state index in [1.807, 2.05) is 60.3 Å². The highest BCUT2D eigenvalue weighted by atomic mass is 16.6. The first-order valence-electron chi connectivity index (χ1n) is 17.9. The zero-order chi connectivity index (χ0) is 36.5. The van der Waals surface area contributed by atoms with Gasteiger partial charge in [0.05, 0.1) is 29.9 Å². The lowest BCUT2D eigenvalue weighted by atomic mass is 10.0. The van der Waals surface area contributed by atoms with Crippen molar-refractivity contribution in [1.82, 2.24) is 29.3 Å². The van der Waals surface area contributed by atoms with Crippen LogP contribution in [0.4, 0.5) is 4.79 Å². The van der Waals surface area contributed by atoms with E-state index in [9.17, 15) is 14.4 Å². The molecule has 2 unspecified atom stereocenters. The van der Waals surface area contributed by atoms with Crippen LogP contribution < -0.4 is 10.1 Å². The number of hydrogen-bond acceptors (Lipinski definition) is 8. The summed E-state index contributed by atoms with van der Waals surface area (Å²) in [5, 5.41) is 3.91. The van der Waals surface area contributed by atoms with Gasteiger partial charge in [-0.25, -0.2) is 19.6 Å². The third-order valence-corrected chi connectivity index (χ3v) is 10.0. The SMILES string of the molecule is COc1cc(C(=O)N2CCC(OC(=O)c3ccccc3)C(NC(=O)OCc3ccccc3)C2)cc2nc(-c3cc4cccnc4n3CC3CC3)n(C)c12. The van der Waals surface area contributed by atoms with Gasteiger partial charge >= 0.3 is 12.1 Å². The Balaban J connectivity index is 1.06. The Kier molecular flexibility index (Phi) is 9.26. The molecular formula is C41H40N6O6. The molecule has 1 N–H and O–H groups in total. The van der Waals surface area contributed by atoms with Gasteiger partial charge in [-0.05, 0) is 66.8 Å². The summed E-state index contributed by atoms with van der Waals surface area (Å²) < 4.78 is 21.5. The van der Waals surface area contributed by atoms with Gasteiger partial charge in [0.25, 0.3) is 5.91 Å². The molecule has 53 heavy (non-hydrogen) atoms. The maximum absolute atomic E-state index is 14.2. The number of amides is 2. The summed E-state index contributed by atoms with van der Waals surface area (Å²) in [6.07, 6.45) is 3.16. The number of nitrogens with zero attached hydrogens (tertiary/aromatic N) is 5. The fourth-order valence-corrected chi connectivity index (χ4v) is 7.11. The molecule has 2 aliphatic rings. The van der Waals surface area contributed by atoms with Crippen LogP contribution in [0.15, 0.2) is 97.2 Å². The number of methoxy groups -OCH3 is 1. The number of alkyl carbamates (subject to hydrolysis) is 1. The molecule has 1 saturated carbocycles. The molecule has 1 aliphatic heterocycles. The lowest BCUT2D eigenvalue weighted by Crippen LogP contribution is -2.57. The first kappa shape index (κ1) is 33.9. The average Bonchev–Trinajstić information content (AvgIpc) is 3.86. The van der Waals surface area contributed by atoms with Crippen molar-refractivity contribution in [3.05, 3.63) is 114 Å². The molecule has 6 aromatic rings. The average molecular weight is 713 g/mol. The first-order valence-corrected chi connectivity index (χ1v) is 17.9. The fraction of sp³-hybridized carbons (Fsp3) is 0.293. The van der Waals surface area contributed by atoms with Crippen LogP contribution in [0.2, 0.25) is 0 Å². The molecule has 0 radical (unpaired) electrons. The number of esters is 1. The second-order valence-corrected chi connectivity index (χ2v) is 13.7. The number of hydrogen-bond donors (Lipinski definition) is 1. The number of ether oxygens (including phenoxy) is 3. The van der Waals surface area contributed by atoms with Crippen molar-refractivity contribution in [3.63, 3.8) is 0 Å². The molecule has 12 heteroatoms. The standard InChI is InChI=1S/C41H40N6O6/c1-45-36-31(43-38(45)33-21-29-14-9-18-42-37(29)47(33)23-26-15-16-26)20-30(22-35(36)51-2)39(48)46-19-17-34(53-40(49)28-12-7-4-8-13-28)32(24-46)44-41(50)52-25-27-10-5-3-6-11-27/h3-14,18,20-22,26,32,34H,15-17,19,23-25H2,1-2H3,(H,44,50). The zero-order valence-electron chi connectivity index (χ0n) is 29.6. The van der Waals surface area contributed by atoms with E-state index in [2.05, 4.69) is 27.0 Å². The number of piperidine rings is 1. The molecule has 0 spiro atoms. The molecule has 12 nitrogen and oxygen atoms in total. The summed E-state index contributed by atoms with van der Waals surface area (Å²) in [5.74, 6) is 1.12. The third kappa shape index (κ3) is 7.04. The zero-order valence-corrected chi connectivity index (χ0v) is 29.6. The van der Waals surface area contributed by atoms with Crippen molar-refractivity contribution in [3.8, 4) is 17.3 Å². The fourth-order valence-electron chi connectivity index (χ4n) is 7.11. The Morgan fingerprint density at radius 2 is 1.68 bits per heavy atom. The summed E-state index contributed by atoms with van der Waals surface area (Å²) in [6, 6.07) is 26.9. The molecule has 2 fully saturated rings. The van der Waals surface area contributed by atoms with Crippen molar-refractivity contribution in [2.75, 3.05) is 20.2 Å². The lowest BCUT2D eigenvalue weighted by Gasteiger charge is -2.38. The van der Waals surface area contributed by atoms with Crippen LogP contribution in [-0.4, -0.2) is 74.3 Å². The van der Waals surface area contributed by atoms with Crippen molar-refractivity contribution in [1.29, 1.82) is 0 Å². The Morgan fingerprint density at radius 3 is 2.43 bits per heavy atom. The quantitative estimate of drug-likeness (QED) is 0.162. The minimum absolute atomic E-state index is 0.0697.